The zero-order valence-electron chi connectivity index (χ0n) is 9.36. The molecule has 0 aromatic heterocycles. The minimum atomic E-state index is -3.83. The number of hydrogen-bond donors (Lipinski definition) is 2. The molecule has 10 heteroatoms. The van der Waals surface area contributed by atoms with E-state index in [1.54, 1.807) is 6.07 Å². The molecule has 0 aliphatic rings. The minimum absolute atomic E-state index is 0.0605. The molecule has 0 bridgehead atoms. The van der Waals surface area contributed by atoms with Crippen molar-refractivity contribution in [1.29, 1.82) is 0 Å². The van der Waals surface area contributed by atoms with Crippen LogP contribution in [0.1, 0.15) is 0 Å². The van der Waals surface area contributed by atoms with Crippen molar-refractivity contribution in [2.75, 3.05) is 11.6 Å². The SMILES string of the molecule is CS(=O)(=O)NC(=O)C(=O)Nc1c([O-])cc(I)cc1I. The number of sulfonamides is 1. The van der Waals surface area contributed by atoms with Gasteiger partial charge < -0.3 is 10.4 Å². The molecule has 0 fully saturated rings. The Kier molecular flexibility index (Phi) is 5.37. The first-order valence-corrected chi connectivity index (χ1v) is 8.64. The summed E-state index contributed by atoms with van der Waals surface area (Å²) in [6, 6.07) is 2.92. The normalized spacial score (nSPS) is 10.9. The van der Waals surface area contributed by atoms with Gasteiger partial charge in [-0.25, -0.2) is 13.1 Å². The molecule has 0 aliphatic heterocycles. The van der Waals surface area contributed by atoms with Gasteiger partial charge >= 0.3 is 11.8 Å². The molecular weight excluding hydrogens is 502 g/mol. The third-order valence-electron chi connectivity index (χ3n) is 1.74. The smallest absolute Gasteiger partial charge is 0.323 e. The van der Waals surface area contributed by atoms with Gasteiger partial charge in [0.2, 0.25) is 10.0 Å². The van der Waals surface area contributed by atoms with Gasteiger partial charge in [0.05, 0.1) is 6.26 Å². The fraction of sp³-hybridized carbons (Fsp3) is 0.111. The van der Waals surface area contributed by atoms with Crippen LogP contribution >= 0.6 is 45.2 Å². The highest BCUT2D eigenvalue weighted by molar-refractivity contribution is 14.1. The number of amides is 2. The van der Waals surface area contributed by atoms with E-state index < -0.39 is 27.6 Å². The highest BCUT2D eigenvalue weighted by atomic mass is 127. The first kappa shape index (κ1) is 16.4. The van der Waals surface area contributed by atoms with Crippen LogP contribution in [0.25, 0.3) is 0 Å². The lowest BCUT2D eigenvalue weighted by Gasteiger charge is -2.16. The summed E-state index contributed by atoms with van der Waals surface area (Å²) in [5.74, 6) is -3.03. The summed E-state index contributed by atoms with van der Waals surface area (Å²) in [7, 11) is -3.83. The van der Waals surface area contributed by atoms with Crippen LogP contribution in [0.3, 0.4) is 0 Å². The van der Waals surface area contributed by atoms with Gasteiger partial charge in [-0.3, -0.25) is 9.59 Å². The number of benzene rings is 1. The molecule has 1 rings (SSSR count). The van der Waals surface area contributed by atoms with Crippen LogP contribution in [0.15, 0.2) is 12.1 Å². The molecule has 7 nitrogen and oxygen atoms in total. The predicted octanol–water partition coefficient (Wildman–Crippen LogP) is -0.0163. The average molecular weight is 509 g/mol. The quantitative estimate of drug-likeness (QED) is 0.430. The molecule has 2 N–H and O–H groups in total. The molecule has 0 radical (unpaired) electrons. The number of anilines is 1. The second kappa shape index (κ2) is 6.21. The Morgan fingerprint density at radius 2 is 1.79 bits per heavy atom. The van der Waals surface area contributed by atoms with Crippen LogP contribution in [0.2, 0.25) is 0 Å². The Morgan fingerprint density at radius 1 is 1.21 bits per heavy atom. The van der Waals surface area contributed by atoms with E-state index in [1.807, 2.05) is 45.2 Å². The third kappa shape index (κ3) is 5.10. The number of carbonyl (C=O) groups excluding carboxylic acids is 2. The minimum Gasteiger partial charge on any atom is -0.871 e. The monoisotopic (exact) mass is 509 g/mol. The topological polar surface area (TPSA) is 115 Å². The molecule has 0 saturated heterocycles. The molecule has 2 amide bonds. The summed E-state index contributed by atoms with van der Waals surface area (Å²) in [6.07, 6.45) is 0.742. The largest absolute Gasteiger partial charge is 0.871 e. The Balaban J connectivity index is 2.92. The van der Waals surface area contributed by atoms with Crippen molar-refractivity contribution in [3.63, 3.8) is 0 Å². The third-order valence-corrected chi connectivity index (χ3v) is 3.77. The first-order valence-electron chi connectivity index (χ1n) is 4.59. The lowest BCUT2D eigenvalue weighted by atomic mass is 10.3. The zero-order valence-corrected chi connectivity index (χ0v) is 14.5. The summed E-state index contributed by atoms with van der Waals surface area (Å²) < 4.78 is 24.2. The van der Waals surface area contributed by atoms with E-state index in [-0.39, 0.29) is 5.69 Å². The van der Waals surface area contributed by atoms with Gasteiger partial charge in [-0.15, -0.1) is 0 Å². The molecule has 0 atom stereocenters. The lowest BCUT2D eigenvalue weighted by Crippen LogP contribution is -2.38. The number of rotatable bonds is 2. The summed E-state index contributed by atoms with van der Waals surface area (Å²) in [4.78, 5) is 22.7. The Hall–Kier alpha value is -0.630. The second-order valence-electron chi connectivity index (χ2n) is 3.42. The highest BCUT2D eigenvalue weighted by Crippen LogP contribution is 2.28. The van der Waals surface area contributed by atoms with Gasteiger partial charge in [-0.05, 0) is 51.2 Å². The van der Waals surface area contributed by atoms with Gasteiger partial charge in [0.15, 0.2) is 0 Å². The van der Waals surface area contributed by atoms with Crippen molar-refractivity contribution in [2.45, 2.75) is 0 Å². The summed E-state index contributed by atoms with van der Waals surface area (Å²) >= 11 is 3.76. The maximum atomic E-state index is 11.6. The molecule has 1 aromatic carbocycles. The van der Waals surface area contributed by atoms with Gasteiger partial charge in [-0.1, -0.05) is 11.8 Å². The zero-order chi connectivity index (χ0) is 14.8. The van der Waals surface area contributed by atoms with Crippen molar-refractivity contribution in [3.05, 3.63) is 19.3 Å². The predicted molar refractivity (Wildman–Crippen MR) is 82.9 cm³/mol. The van der Waals surface area contributed by atoms with Crippen LogP contribution < -0.4 is 15.1 Å². The lowest BCUT2D eigenvalue weighted by molar-refractivity contribution is -0.267. The van der Waals surface area contributed by atoms with Crippen molar-refractivity contribution < 1.29 is 23.1 Å². The van der Waals surface area contributed by atoms with E-state index in [9.17, 15) is 23.1 Å². The van der Waals surface area contributed by atoms with E-state index in [0.29, 0.717) is 7.14 Å². The molecule has 104 valence electrons. The van der Waals surface area contributed by atoms with Crippen molar-refractivity contribution >= 4 is 72.7 Å². The Labute approximate surface area is 136 Å². The molecule has 0 saturated carbocycles. The maximum absolute atomic E-state index is 11.6. The molecule has 0 aliphatic carbocycles. The Bertz CT molecular complexity index is 621. The van der Waals surface area contributed by atoms with Crippen LogP contribution in [0.5, 0.6) is 5.75 Å². The van der Waals surface area contributed by atoms with E-state index in [1.165, 1.54) is 10.8 Å². The van der Waals surface area contributed by atoms with Crippen LogP contribution in [-0.4, -0.2) is 26.5 Å². The van der Waals surface area contributed by atoms with E-state index in [2.05, 4.69) is 5.32 Å². The first-order chi connectivity index (χ1) is 8.60. The fourth-order valence-corrected chi connectivity index (χ4v) is 3.41. The molecule has 0 heterocycles. The molecule has 0 spiro atoms. The highest BCUT2D eigenvalue weighted by Gasteiger charge is 2.18. The van der Waals surface area contributed by atoms with Crippen molar-refractivity contribution in [3.8, 4) is 5.75 Å². The van der Waals surface area contributed by atoms with Gasteiger partial charge in [0.25, 0.3) is 0 Å². The van der Waals surface area contributed by atoms with Crippen LogP contribution in [0, 0.1) is 7.14 Å². The fourth-order valence-electron chi connectivity index (χ4n) is 1.06. The summed E-state index contributed by atoms with van der Waals surface area (Å²) in [5, 5.41) is 13.7. The standard InChI is InChI=1S/C9H8I2N2O5S/c1-19(17,18)13-9(16)8(15)12-7-5(11)2-4(10)3-6(7)14/h2-3,14H,1H3,(H,12,15)(H,13,16)/p-1. The Morgan fingerprint density at radius 3 is 2.26 bits per heavy atom. The number of hydrogen-bond acceptors (Lipinski definition) is 5. The maximum Gasteiger partial charge on any atom is 0.323 e. The molecule has 19 heavy (non-hydrogen) atoms. The number of nitrogens with one attached hydrogen (secondary N) is 2. The number of halogens is 2. The number of carbonyl (C=O) groups is 2. The van der Waals surface area contributed by atoms with Crippen LogP contribution in [-0.2, 0) is 19.6 Å². The van der Waals surface area contributed by atoms with E-state index in [0.717, 1.165) is 6.26 Å². The molecule has 1 aromatic rings. The van der Waals surface area contributed by atoms with Crippen molar-refractivity contribution in [2.24, 2.45) is 0 Å². The van der Waals surface area contributed by atoms with E-state index >= 15 is 0 Å². The van der Waals surface area contributed by atoms with Gasteiger partial charge in [0, 0.05) is 12.8 Å². The van der Waals surface area contributed by atoms with Gasteiger partial charge in [-0.2, -0.15) is 0 Å². The summed E-state index contributed by atoms with van der Waals surface area (Å²) in [5.41, 5.74) is -0.0605. The second-order valence-corrected chi connectivity index (χ2v) is 7.57. The molecule has 0 unspecified atom stereocenters. The van der Waals surface area contributed by atoms with Gasteiger partial charge in [0.1, 0.15) is 0 Å². The molecular formula is C9H7I2N2O5S-. The average Bonchev–Trinajstić information content (AvgIpc) is 2.20. The van der Waals surface area contributed by atoms with E-state index in [4.69, 9.17) is 0 Å². The summed E-state index contributed by atoms with van der Waals surface area (Å²) in [6.45, 7) is 0. The van der Waals surface area contributed by atoms with Crippen molar-refractivity contribution in [1.82, 2.24) is 4.72 Å². The van der Waals surface area contributed by atoms with Crippen LogP contribution in [0.4, 0.5) is 5.69 Å².